The Hall–Kier alpha value is -2.01. The number of hydrogen-bond donors (Lipinski definition) is 3. The quantitative estimate of drug-likeness (QED) is 0.429. The van der Waals surface area contributed by atoms with Gasteiger partial charge in [0.05, 0.1) is 0 Å². The SMILES string of the molecule is CCCN(N)/C=C(\N)CC(C)C.C[C@]12CCC3c4ccc(O)cc4CC[C@H]3C1CCC2=O. The van der Waals surface area contributed by atoms with Crippen molar-refractivity contribution < 1.29 is 9.90 Å². The second kappa shape index (κ2) is 10.3. The lowest BCUT2D eigenvalue weighted by Gasteiger charge is -2.48. The molecule has 178 valence electrons. The molecule has 3 aliphatic carbocycles. The number of aromatic hydroxyl groups is 1. The Morgan fingerprint density at radius 1 is 1.28 bits per heavy atom. The summed E-state index contributed by atoms with van der Waals surface area (Å²) in [5.41, 5.74) is 9.35. The maximum atomic E-state index is 12.3. The fourth-order valence-electron chi connectivity index (χ4n) is 6.40. The Morgan fingerprint density at radius 2 is 2.03 bits per heavy atom. The second-order valence-corrected chi connectivity index (χ2v) is 10.8. The maximum absolute atomic E-state index is 12.3. The van der Waals surface area contributed by atoms with Crippen molar-refractivity contribution in [2.24, 2.45) is 34.7 Å². The number of aryl methyl sites for hydroxylation is 1. The molecule has 0 saturated heterocycles. The summed E-state index contributed by atoms with van der Waals surface area (Å²) in [5, 5.41) is 11.3. The Kier molecular flexibility index (Phi) is 7.92. The first kappa shape index (κ1) is 24.6. The molecule has 5 heteroatoms. The minimum Gasteiger partial charge on any atom is -0.508 e. The zero-order chi connectivity index (χ0) is 23.5. The van der Waals surface area contributed by atoms with E-state index >= 15 is 0 Å². The topological polar surface area (TPSA) is 92.6 Å². The van der Waals surface area contributed by atoms with Gasteiger partial charge in [-0.2, -0.15) is 0 Å². The smallest absolute Gasteiger partial charge is 0.139 e. The predicted octanol–water partition coefficient (Wildman–Crippen LogP) is 5.24. The average Bonchev–Trinajstić information content (AvgIpc) is 3.02. The molecular formula is C27H43N3O2. The number of rotatable bonds is 5. The lowest BCUT2D eigenvalue weighted by atomic mass is 9.55. The molecule has 2 saturated carbocycles. The molecule has 5 nitrogen and oxygen atoms in total. The Bertz CT molecular complexity index is 834. The molecule has 2 fully saturated rings. The number of benzene rings is 1. The summed E-state index contributed by atoms with van der Waals surface area (Å²) in [6.07, 6.45) is 10.1. The van der Waals surface area contributed by atoms with E-state index in [0.29, 0.717) is 35.2 Å². The molecule has 0 radical (unpaired) electrons. The van der Waals surface area contributed by atoms with E-state index in [1.165, 1.54) is 17.5 Å². The number of carbonyl (C=O) groups is 1. The van der Waals surface area contributed by atoms with Gasteiger partial charge in [-0.15, -0.1) is 0 Å². The first-order valence-electron chi connectivity index (χ1n) is 12.5. The van der Waals surface area contributed by atoms with Gasteiger partial charge in [-0.1, -0.05) is 33.8 Å². The number of hydrazine groups is 1. The standard InChI is InChI=1S/C18H22O2.C9H21N3/c1-18-9-8-14-13-5-3-12(19)10-11(13)2-4-15(14)16(18)6-7-17(18)20;1-4-5-12(11)7-9(10)6-8(2)3/h3,5,10,14-16,19H,2,4,6-9H2,1H3;7-8H,4-6,10-11H2,1-3H3/b;9-7-/t14?,15-,16?,18+;/m1./s1. The third-order valence-corrected chi connectivity index (χ3v) is 7.88. The lowest BCUT2D eigenvalue weighted by Crippen LogP contribution is -2.42. The van der Waals surface area contributed by atoms with Gasteiger partial charge in [0.25, 0.3) is 0 Å². The summed E-state index contributed by atoms with van der Waals surface area (Å²) < 4.78 is 0. The zero-order valence-electron chi connectivity index (χ0n) is 20.4. The van der Waals surface area contributed by atoms with Crippen molar-refractivity contribution in [1.29, 1.82) is 0 Å². The van der Waals surface area contributed by atoms with Gasteiger partial charge in [-0.3, -0.25) is 4.79 Å². The van der Waals surface area contributed by atoms with Crippen molar-refractivity contribution in [3.63, 3.8) is 0 Å². The Balaban J connectivity index is 0.000000210. The predicted molar refractivity (Wildman–Crippen MR) is 131 cm³/mol. The summed E-state index contributed by atoms with van der Waals surface area (Å²) in [4.78, 5) is 12.3. The van der Waals surface area contributed by atoms with Crippen LogP contribution in [0.2, 0.25) is 0 Å². The number of carbonyl (C=O) groups excluding carboxylic acids is 1. The summed E-state index contributed by atoms with van der Waals surface area (Å²) in [7, 11) is 0. The van der Waals surface area contributed by atoms with Crippen molar-refractivity contribution in [2.45, 2.75) is 85.0 Å². The van der Waals surface area contributed by atoms with Gasteiger partial charge in [0.1, 0.15) is 11.5 Å². The molecule has 2 unspecified atom stereocenters. The summed E-state index contributed by atoms with van der Waals surface area (Å²) in [5.74, 6) is 9.02. The van der Waals surface area contributed by atoms with E-state index in [9.17, 15) is 9.90 Å². The number of ketones is 1. The maximum Gasteiger partial charge on any atom is 0.139 e. The van der Waals surface area contributed by atoms with Gasteiger partial charge in [0, 0.05) is 30.3 Å². The number of phenols is 1. The van der Waals surface area contributed by atoms with Crippen molar-refractivity contribution >= 4 is 5.78 Å². The first-order chi connectivity index (χ1) is 15.2. The summed E-state index contributed by atoms with van der Waals surface area (Å²) in [6, 6.07) is 5.90. The highest BCUT2D eigenvalue weighted by atomic mass is 16.3. The van der Waals surface area contributed by atoms with E-state index in [0.717, 1.165) is 57.2 Å². The molecule has 0 spiro atoms. The number of nitrogens with zero attached hydrogens (tertiary/aromatic N) is 1. The number of Topliss-reactive ketones (excluding diaryl/α,β-unsaturated/α-hetero) is 1. The normalized spacial score (nSPS) is 29.0. The minimum absolute atomic E-state index is 0.0322. The van der Waals surface area contributed by atoms with Crippen LogP contribution in [0.1, 0.15) is 89.7 Å². The van der Waals surface area contributed by atoms with E-state index in [-0.39, 0.29) is 5.41 Å². The van der Waals surface area contributed by atoms with E-state index < -0.39 is 0 Å². The Labute approximate surface area is 194 Å². The molecule has 4 atom stereocenters. The minimum atomic E-state index is -0.0322. The molecule has 0 heterocycles. The van der Waals surface area contributed by atoms with E-state index in [4.69, 9.17) is 11.6 Å². The van der Waals surface area contributed by atoms with Crippen LogP contribution in [-0.4, -0.2) is 22.4 Å². The Morgan fingerprint density at radius 3 is 2.72 bits per heavy atom. The van der Waals surface area contributed by atoms with Crippen LogP contribution in [0.4, 0.5) is 0 Å². The van der Waals surface area contributed by atoms with E-state index in [2.05, 4.69) is 33.8 Å². The highest BCUT2D eigenvalue weighted by Gasteiger charge is 2.54. The van der Waals surface area contributed by atoms with Crippen molar-refractivity contribution in [2.75, 3.05) is 6.54 Å². The third-order valence-electron chi connectivity index (χ3n) is 7.88. The van der Waals surface area contributed by atoms with Gasteiger partial charge in [-0.05, 0) is 91.9 Å². The molecule has 0 aromatic heterocycles. The molecule has 0 amide bonds. The summed E-state index contributed by atoms with van der Waals surface area (Å²) in [6.45, 7) is 9.45. The van der Waals surface area contributed by atoms with Crippen LogP contribution in [0, 0.1) is 23.2 Å². The van der Waals surface area contributed by atoms with Crippen molar-refractivity contribution in [3.05, 3.63) is 41.2 Å². The molecule has 0 aliphatic heterocycles. The van der Waals surface area contributed by atoms with E-state index in [1.54, 1.807) is 5.01 Å². The van der Waals surface area contributed by atoms with E-state index in [1.807, 2.05) is 18.3 Å². The highest BCUT2D eigenvalue weighted by Crippen LogP contribution is 2.59. The van der Waals surface area contributed by atoms with Gasteiger partial charge in [0.15, 0.2) is 0 Å². The number of phenolic OH excluding ortho intramolecular Hbond substituents is 1. The number of fused-ring (bicyclic) bond motifs is 5. The van der Waals surface area contributed by atoms with Gasteiger partial charge in [-0.25, -0.2) is 5.84 Å². The highest BCUT2D eigenvalue weighted by molar-refractivity contribution is 5.87. The number of hydrogen-bond acceptors (Lipinski definition) is 5. The fraction of sp³-hybridized carbons (Fsp3) is 0.667. The molecule has 0 bridgehead atoms. The fourth-order valence-corrected chi connectivity index (χ4v) is 6.40. The molecule has 32 heavy (non-hydrogen) atoms. The van der Waals surface area contributed by atoms with Gasteiger partial charge in [0.2, 0.25) is 0 Å². The van der Waals surface area contributed by atoms with Crippen LogP contribution in [0.3, 0.4) is 0 Å². The van der Waals surface area contributed by atoms with Crippen molar-refractivity contribution in [3.8, 4) is 5.75 Å². The van der Waals surface area contributed by atoms with Crippen LogP contribution >= 0.6 is 0 Å². The van der Waals surface area contributed by atoms with Crippen LogP contribution in [0.15, 0.2) is 30.1 Å². The number of nitrogens with two attached hydrogens (primary N) is 2. The monoisotopic (exact) mass is 441 g/mol. The molecule has 1 aromatic rings. The van der Waals surface area contributed by atoms with Crippen LogP contribution in [0.5, 0.6) is 5.75 Å². The first-order valence-corrected chi connectivity index (χ1v) is 12.5. The molecule has 4 rings (SSSR count). The number of allylic oxidation sites excluding steroid dienone is 1. The largest absolute Gasteiger partial charge is 0.508 e. The third kappa shape index (κ3) is 5.31. The van der Waals surface area contributed by atoms with Crippen LogP contribution in [-0.2, 0) is 11.2 Å². The summed E-state index contributed by atoms with van der Waals surface area (Å²) >= 11 is 0. The molecular weight excluding hydrogens is 398 g/mol. The van der Waals surface area contributed by atoms with Crippen LogP contribution < -0.4 is 11.6 Å². The zero-order valence-corrected chi connectivity index (χ0v) is 20.4. The van der Waals surface area contributed by atoms with Gasteiger partial charge < -0.3 is 15.8 Å². The average molecular weight is 442 g/mol. The van der Waals surface area contributed by atoms with Crippen molar-refractivity contribution in [1.82, 2.24) is 5.01 Å². The molecule has 5 N–H and O–H groups in total. The molecule has 1 aromatic carbocycles. The van der Waals surface area contributed by atoms with Crippen LogP contribution in [0.25, 0.3) is 0 Å². The molecule has 3 aliphatic rings. The van der Waals surface area contributed by atoms with Gasteiger partial charge >= 0.3 is 0 Å². The lowest BCUT2D eigenvalue weighted by molar-refractivity contribution is -0.129. The second-order valence-electron chi connectivity index (χ2n) is 10.8.